The van der Waals surface area contributed by atoms with E-state index in [1.807, 2.05) is 0 Å². The summed E-state index contributed by atoms with van der Waals surface area (Å²) >= 11 is 0. The zero-order chi connectivity index (χ0) is 9.40. The average molecular weight is 171 g/mol. The molecule has 0 fully saturated rings. The number of carbonyl (C=O) groups is 1. The predicted octanol–water partition coefficient (Wildman–Crippen LogP) is 1.99. The van der Waals surface area contributed by atoms with E-state index in [1.165, 1.54) is 0 Å². The summed E-state index contributed by atoms with van der Waals surface area (Å²) in [5.74, 6) is 0.984. The summed E-state index contributed by atoms with van der Waals surface area (Å²) in [5.41, 5.74) is 0. The van der Waals surface area contributed by atoms with Gasteiger partial charge in [-0.05, 0) is 25.3 Å². The second-order valence-electron chi connectivity index (χ2n) is 3.65. The molecule has 12 heavy (non-hydrogen) atoms. The van der Waals surface area contributed by atoms with Gasteiger partial charge >= 0.3 is 0 Å². The molecule has 0 atom stereocenters. The van der Waals surface area contributed by atoms with Crippen LogP contribution in [0.2, 0.25) is 0 Å². The van der Waals surface area contributed by atoms with Crippen LogP contribution in [-0.4, -0.2) is 18.9 Å². The van der Waals surface area contributed by atoms with Crippen LogP contribution < -0.4 is 5.32 Å². The smallest absolute Gasteiger partial charge is 0.146 e. The standard InChI is InChI=1S/C10H21NO/c1-4-7-11-8-10(12)6-5-9(2)3/h9,11H,4-8H2,1-3H3. The maximum atomic E-state index is 11.2. The first-order valence-electron chi connectivity index (χ1n) is 4.89. The van der Waals surface area contributed by atoms with Crippen LogP contribution in [0.3, 0.4) is 0 Å². The van der Waals surface area contributed by atoms with Crippen LogP contribution in [0.4, 0.5) is 0 Å². The van der Waals surface area contributed by atoms with Crippen molar-refractivity contribution in [2.75, 3.05) is 13.1 Å². The number of carbonyl (C=O) groups excluding carboxylic acids is 1. The molecule has 0 bridgehead atoms. The van der Waals surface area contributed by atoms with Crippen LogP contribution in [0.1, 0.15) is 40.0 Å². The zero-order valence-electron chi connectivity index (χ0n) is 8.52. The van der Waals surface area contributed by atoms with Gasteiger partial charge in [-0.1, -0.05) is 20.8 Å². The summed E-state index contributed by atoms with van der Waals surface area (Å²) in [7, 11) is 0. The third-order valence-electron chi connectivity index (χ3n) is 1.75. The third kappa shape index (κ3) is 7.73. The molecule has 0 rings (SSSR count). The van der Waals surface area contributed by atoms with Crippen LogP contribution in [-0.2, 0) is 4.79 Å². The lowest BCUT2D eigenvalue weighted by Crippen LogP contribution is -2.23. The molecule has 0 heterocycles. The first-order chi connectivity index (χ1) is 5.66. The van der Waals surface area contributed by atoms with Crippen molar-refractivity contribution in [1.29, 1.82) is 0 Å². The molecule has 2 heteroatoms. The molecule has 0 aromatic heterocycles. The van der Waals surface area contributed by atoms with E-state index < -0.39 is 0 Å². The predicted molar refractivity (Wildman–Crippen MR) is 52.2 cm³/mol. The van der Waals surface area contributed by atoms with Gasteiger partial charge in [0.25, 0.3) is 0 Å². The van der Waals surface area contributed by atoms with Crippen molar-refractivity contribution < 1.29 is 4.79 Å². The van der Waals surface area contributed by atoms with Gasteiger partial charge in [0, 0.05) is 6.42 Å². The van der Waals surface area contributed by atoms with Crippen molar-refractivity contribution in [2.24, 2.45) is 5.92 Å². The van der Waals surface area contributed by atoms with Crippen molar-refractivity contribution in [1.82, 2.24) is 5.32 Å². The number of nitrogens with one attached hydrogen (secondary N) is 1. The lowest BCUT2D eigenvalue weighted by molar-refractivity contribution is -0.118. The van der Waals surface area contributed by atoms with E-state index in [4.69, 9.17) is 0 Å². The summed E-state index contributed by atoms with van der Waals surface area (Å²) in [6.45, 7) is 7.90. The highest BCUT2D eigenvalue weighted by atomic mass is 16.1. The first kappa shape index (κ1) is 11.6. The Labute approximate surface area is 75.7 Å². The molecule has 0 aliphatic rings. The topological polar surface area (TPSA) is 29.1 Å². The minimum atomic E-state index is 0.345. The van der Waals surface area contributed by atoms with Crippen LogP contribution >= 0.6 is 0 Å². The molecular formula is C10H21NO. The molecule has 72 valence electrons. The third-order valence-corrected chi connectivity index (χ3v) is 1.75. The highest BCUT2D eigenvalue weighted by Crippen LogP contribution is 2.03. The van der Waals surface area contributed by atoms with E-state index in [-0.39, 0.29) is 0 Å². The largest absolute Gasteiger partial charge is 0.310 e. The highest BCUT2D eigenvalue weighted by Gasteiger charge is 2.02. The number of ketones is 1. The van der Waals surface area contributed by atoms with E-state index >= 15 is 0 Å². The second kappa shape index (κ2) is 7.29. The van der Waals surface area contributed by atoms with Crippen LogP contribution in [0.25, 0.3) is 0 Å². The molecule has 0 aromatic carbocycles. The van der Waals surface area contributed by atoms with Crippen molar-refractivity contribution in [2.45, 2.75) is 40.0 Å². The molecule has 0 amide bonds. The number of rotatable bonds is 7. The lowest BCUT2D eigenvalue weighted by Gasteiger charge is -2.04. The van der Waals surface area contributed by atoms with Gasteiger partial charge in [0.2, 0.25) is 0 Å². The fourth-order valence-corrected chi connectivity index (χ4v) is 0.943. The van der Waals surface area contributed by atoms with Gasteiger partial charge in [-0.3, -0.25) is 4.79 Å². The van der Waals surface area contributed by atoms with E-state index in [0.29, 0.717) is 18.2 Å². The Morgan fingerprint density at radius 3 is 2.58 bits per heavy atom. The molecule has 0 unspecified atom stereocenters. The Bertz CT molecular complexity index is 121. The zero-order valence-corrected chi connectivity index (χ0v) is 8.52. The summed E-state index contributed by atoms with van der Waals surface area (Å²) in [4.78, 5) is 11.2. The second-order valence-corrected chi connectivity index (χ2v) is 3.65. The van der Waals surface area contributed by atoms with Crippen molar-refractivity contribution in [3.05, 3.63) is 0 Å². The molecule has 0 aromatic rings. The van der Waals surface area contributed by atoms with Gasteiger partial charge in [-0.25, -0.2) is 0 Å². The Hall–Kier alpha value is -0.370. The van der Waals surface area contributed by atoms with Crippen LogP contribution in [0, 0.1) is 5.92 Å². The Morgan fingerprint density at radius 2 is 2.08 bits per heavy atom. The fourth-order valence-electron chi connectivity index (χ4n) is 0.943. The van der Waals surface area contributed by atoms with Gasteiger partial charge < -0.3 is 5.32 Å². The highest BCUT2D eigenvalue weighted by molar-refractivity contribution is 5.80. The molecular weight excluding hydrogens is 150 g/mol. The molecule has 0 aliphatic heterocycles. The monoisotopic (exact) mass is 171 g/mol. The van der Waals surface area contributed by atoms with Crippen molar-refractivity contribution in [3.63, 3.8) is 0 Å². The normalized spacial score (nSPS) is 10.7. The number of hydrogen-bond acceptors (Lipinski definition) is 2. The summed E-state index contributed by atoms with van der Waals surface area (Å²) in [6.07, 6.45) is 2.85. The lowest BCUT2D eigenvalue weighted by atomic mass is 10.1. The van der Waals surface area contributed by atoms with Gasteiger partial charge in [0.1, 0.15) is 5.78 Å². The summed E-state index contributed by atoms with van der Waals surface area (Å²) in [5, 5.41) is 3.11. The number of hydrogen-bond donors (Lipinski definition) is 1. The van der Waals surface area contributed by atoms with Crippen LogP contribution in [0.5, 0.6) is 0 Å². The maximum absolute atomic E-state index is 11.2. The minimum Gasteiger partial charge on any atom is -0.310 e. The minimum absolute atomic E-state index is 0.345. The molecule has 0 aliphatic carbocycles. The van der Waals surface area contributed by atoms with Gasteiger partial charge in [-0.15, -0.1) is 0 Å². The van der Waals surface area contributed by atoms with Crippen molar-refractivity contribution in [3.8, 4) is 0 Å². The van der Waals surface area contributed by atoms with E-state index in [0.717, 1.165) is 25.8 Å². The molecule has 2 nitrogen and oxygen atoms in total. The van der Waals surface area contributed by atoms with E-state index in [2.05, 4.69) is 26.1 Å². The summed E-state index contributed by atoms with van der Waals surface area (Å²) in [6, 6.07) is 0. The molecule has 1 N–H and O–H groups in total. The molecule has 0 saturated carbocycles. The Balaban J connectivity index is 3.22. The van der Waals surface area contributed by atoms with E-state index in [9.17, 15) is 4.79 Å². The quantitative estimate of drug-likeness (QED) is 0.593. The Morgan fingerprint density at radius 1 is 1.42 bits per heavy atom. The molecule has 0 saturated heterocycles. The SMILES string of the molecule is CCCNCC(=O)CCC(C)C. The summed E-state index contributed by atoms with van der Waals surface area (Å²) < 4.78 is 0. The van der Waals surface area contributed by atoms with Crippen LogP contribution in [0.15, 0.2) is 0 Å². The average Bonchev–Trinajstić information content (AvgIpc) is 2.01. The maximum Gasteiger partial charge on any atom is 0.146 e. The van der Waals surface area contributed by atoms with Gasteiger partial charge in [0.15, 0.2) is 0 Å². The Kier molecular flexibility index (Phi) is 7.06. The molecule has 0 spiro atoms. The van der Waals surface area contributed by atoms with E-state index in [1.54, 1.807) is 0 Å². The first-order valence-corrected chi connectivity index (χ1v) is 4.89. The molecule has 0 radical (unpaired) electrons. The number of Topliss-reactive ketones (excluding diaryl/α,β-unsaturated/α-hetero) is 1. The van der Waals surface area contributed by atoms with Gasteiger partial charge in [-0.2, -0.15) is 0 Å². The fraction of sp³-hybridized carbons (Fsp3) is 0.900. The van der Waals surface area contributed by atoms with Crippen molar-refractivity contribution >= 4 is 5.78 Å². The van der Waals surface area contributed by atoms with Gasteiger partial charge in [0.05, 0.1) is 6.54 Å².